The fourth-order valence-corrected chi connectivity index (χ4v) is 2.05. The van der Waals surface area contributed by atoms with Gasteiger partial charge in [-0.15, -0.1) is 12.3 Å². The molecule has 0 fully saturated rings. The molecule has 2 rings (SSSR count). The molecule has 0 atom stereocenters. The zero-order valence-electron chi connectivity index (χ0n) is 7.66. The second-order valence-electron chi connectivity index (χ2n) is 2.91. The van der Waals surface area contributed by atoms with Crippen LogP contribution in [0.4, 0.5) is 5.00 Å². The third kappa shape index (κ3) is 1.70. The van der Waals surface area contributed by atoms with Crippen LogP contribution >= 0.6 is 11.5 Å². The van der Waals surface area contributed by atoms with E-state index in [1.165, 1.54) is 16.9 Å². The van der Waals surface area contributed by atoms with Crippen molar-refractivity contribution in [1.82, 2.24) is 4.37 Å². The number of hydrogen-bond donors (Lipinski definition) is 1. The summed E-state index contributed by atoms with van der Waals surface area (Å²) in [6.07, 6.45) is 5.92. The van der Waals surface area contributed by atoms with Crippen LogP contribution in [0, 0.1) is 12.3 Å². The van der Waals surface area contributed by atoms with E-state index in [4.69, 9.17) is 6.42 Å². The van der Waals surface area contributed by atoms with E-state index in [9.17, 15) is 0 Å². The van der Waals surface area contributed by atoms with Crippen LogP contribution in [0.3, 0.4) is 0 Å². The lowest BCUT2D eigenvalue weighted by molar-refractivity contribution is 1.11. The highest BCUT2D eigenvalue weighted by atomic mass is 32.1. The van der Waals surface area contributed by atoms with Gasteiger partial charge in [-0.25, -0.2) is 0 Å². The van der Waals surface area contributed by atoms with Crippen molar-refractivity contribution in [3.63, 3.8) is 0 Å². The van der Waals surface area contributed by atoms with Crippen LogP contribution in [-0.4, -0.2) is 10.9 Å². The van der Waals surface area contributed by atoms with Gasteiger partial charge in [0.1, 0.15) is 5.00 Å². The molecule has 0 saturated heterocycles. The minimum Gasteiger partial charge on any atom is -0.374 e. The van der Waals surface area contributed by atoms with E-state index in [0.29, 0.717) is 0 Å². The van der Waals surface area contributed by atoms with E-state index in [2.05, 4.69) is 21.7 Å². The van der Waals surface area contributed by atoms with Gasteiger partial charge in [0.2, 0.25) is 0 Å². The van der Waals surface area contributed by atoms with Crippen molar-refractivity contribution in [2.75, 3.05) is 11.9 Å². The van der Waals surface area contributed by atoms with Crippen LogP contribution in [0.5, 0.6) is 0 Å². The smallest absolute Gasteiger partial charge is 0.117 e. The number of benzene rings is 1. The first-order valence-electron chi connectivity index (χ1n) is 4.43. The molecule has 0 aliphatic rings. The average molecular weight is 202 g/mol. The summed E-state index contributed by atoms with van der Waals surface area (Å²) in [4.78, 5) is 0. The van der Waals surface area contributed by atoms with Crippen molar-refractivity contribution in [3.8, 4) is 12.3 Å². The van der Waals surface area contributed by atoms with Crippen molar-refractivity contribution in [3.05, 3.63) is 24.3 Å². The number of terminal acetylenes is 1. The fourth-order valence-electron chi connectivity index (χ4n) is 1.26. The second kappa shape index (κ2) is 4.12. The number of nitrogens with one attached hydrogen (secondary N) is 1. The number of nitrogens with zero attached hydrogens (tertiary/aromatic N) is 1. The number of rotatable bonds is 3. The van der Waals surface area contributed by atoms with Crippen LogP contribution in [0.1, 0.15) is 6.42 Å². The normalized spacial score (nSPS) is 9.93. The van der Waals surface area contributed by atoms with E-state index in [0.717, 1.165) is 23.5 Å². The summed E-state index contributed by atoms with van der Waals surface area (Å²) in [6.45, 7) is 0.808. The van der Waals surface area contributed by atoms with Crippen molar-refractivity contribution < 1.29 is 0 Å². The molecule has 2 nitrogen and oxygen atoms in total. The van der Waals surface area contributed by atoms with Gasteiger partial charge in [0.05, 0.1) is 5.52 Å². The van der Waals surface area contributed by atoms with Gasteiger partial charge in [0.15, 0.2) is 0 Å². The molecule has 0 aliphatic carbocycles. The predicted molar refractivity (Wildman–Crippen MR) is 61.6 cm³/mol. The lowest BCUT2D eigenvalue weighted by atomic mass is 10.2. The Hall–Kier alpha value is -1.53. The first-order valence-corrected chi connectivity index (χ1v) is 5.21. The SMILES string of the molecule is C#CCCNc1snc2ccccc12. The number of hydrogen-bond acceptors (Lipinski definition) is 3. The summed E-state index contributed by atoms with van der Waals surface area (Å²) >= 11 is 1.48. The van der Waals surface area contributed by atoms with Crippen molar-refractivity contribution >= 4 is 27.4 Å². The van der Waals surface area contributed by atoms with Crippen molar-refractivity contribution in [2.45, 2.75) is 6.42 Å². The molecular formula is C11H10N2S. The molecule has 0 aliphatic heterocycles. The molecule has 1 N–H and O–H groups in total. The Morgan fingerprint density at radius 1 is 1.43 bits per heavy atom. The van der Waals surface area contributed by atoms with Crippen molar-refractivity contribution in [2.24, 2.45) is 0 Å². The summed E-state index contributed by atoms with van der Waals surface area (Å²) in [5, 5.41) is 5.56. The number of aromatic nitrogens is 1. The summed E-state index contributed by atoms with van der Waals surface area (Å²) in [6, 6.07) is 8.09. The van der Waals surface area contributed by atoms with E-state index in [-0.39, 0.29) is 0 Å². The van der Waals surface area contributed by atoms with Gasteiger partial charge in [-0.3, -0.25) is 0 Å². The second-order valence-corrected chi connectivity index (χ2v) is 3.68. The zero-order valence-corrected chi connectivity index (χ0v) is 8.47. The first kappa shape index (κ1) is 9.04. The van der Waals surface area contributed by atoms with Crippen LogP contribution < -0.4 is 5.32 Å². The molecule has 14 heavy (non-hydrogen) atoms. The average Bonchev–Trinajstić information content (AvgIpc) is 2.63. The highest BCUT2D eigenvalue weighted by molar-refractivity contribution is 7.11. The Kier molecular flexibility index (Phi) is 2.66. The van der Waals surface area contributed by atoms with Gasteiger partial charge in [-0.05, 0) is 23.7 Å². The maximum Gasteiger partial charge on any atom is 0.117 e. The topological polar surface area (TPSA) is 24.9 Å². The minimum atomic E-state index is 0.742. The van der Waals surface area contributed by atoms with E-state index < -0.39 is 0 Å². The Labute approximate surface area is 87.1 Å². The Morgan fingerprint density at radius 2 is 2.29 bits per heavy atom. The summed E-state index contributed by atoms with van der Waals surface area (Å²) in [5.74, 6) is 2.60. The molecule has 1 heterocycles. The van der Waals surface area contributed by atoms with E-state index in [1.807, 2.05) is 18.2 Å². The van der Waals surface area contributed by atoms with Gasteiger partial charge in [-0.1, -0.05) is 12.1 Å². The molecule has 0 unspecified atom stereocenters. The molecular weight excluding hydrogens is 192 g/mol. The quantitative estimate of drug-likeness (QED) is 0.611. The van der Waals surface area contributed by atoms with Gasteiger partial charge >= 0.3 is 0 Å². The molecule has 2 aromatic rings. The molecule has 0 radical (unpaired) electrons. The Bertz CT molecular complexity index is 467. The standard InChI is InChI=1S/C11H10N2S/c1-2-3-8-12-11-9-6-4-5-7-10(9)13-14-11/h1,4-7,12H,3,8H2. The molecule has 1 aromatic carbocycles. The predicted octanol–water partition coefficient (Wildman–Crippen LogP) is 2.73. The van der Waals surface area contributed by atoms with E-state index >= 15 is 0 Å². The minimum absolute atomic E-state index is 0.742. The number of anilines is 1. The zero-order chi connectivity index (χ0) is 9.80. The molecule has 0 bridgehead atoms. The van der Waals surface area contributed by atoms with Gasteiger partial charge in [0.25, 0.3) is 0 Å². The Morgan fingerprint density at radius 3 is 3.14 bits per heavy atom. The summed E-state index contributed by atoms with van der Waals surface area (Å²) < 4.78 is 4.32. The van der Waals surface area contributed by atoms with Gasteiger partial charge < -0.3 is 5.32 Å². The molecule has 0 spiro atoms. The first-order chi connectivity index (χ1) is 6.92. The molecule has 1 aromatic heterocycles. The highest BCUT2D eigenvalue weighted by Crippen LogP contribution is 2.26. The van der Waals surface area contributed by atoms with Crippen molar-refractivity contribution in [1.29, 1.82) is 0 Å². The van der Waals surface area contributed by atoms with Gasteiger partial charge in [0, 0.05) is 18.4 Å². The lowest BCUT2D eigenvalue weighted by Gasteiger charge is -1.99. The van der Waals surface area contributed by atoms with E-state index in [1.54, 1.807) is 0 Å². The molecule has 0 saturated carbocycles. The molecule has 70 valence electrons. The van der Waals surface area contributed by atoms with Crippen LogP contribution in [0.25, 0.3) is 10.9 Å². The van der Waals surface area contributed by atoms with Crippen LogP contribution in [-0.2, 0) is 0 Å². The molecule has 0 amide bonds. The monoisotopic (exact) mass is 202 g/mol. The maximum absolute atomic E-state index is 5.18. The highest BCUT2D eigenvalue weighted by Gasteiger charge is 2.02. The fraction of sp³-hybridized carbons (Fsp3) is 0.182. The number of fused-ring (bicyclic) bond motifs is 1. The third-order valence-electron chi connectivity index (χ3n) is 1.94. The summed E-state index contributed by atoms with van der Waals surface area (Å²) in [5.41, 5.74) is 1.04. The third-order valence-corrected chi connectivity index (χ3v) is 2.77. The maximum atomic E-state index is 5.18. The van der Waals surface area contributed by atoms with Crippen LogP contribution in [0.2, 0.25) is 0 Å². The van der Waals surface area contributed by atoms with Crippen LogP contribution in [0.15, 0.2) is 24.3 Å². The van der Waals surface area contributed by atoms with Gasteiger partial charge in [-0.2, -0.15) is 4.37 Å². The Balaban J connectivity index is 2.22. The largest absolute Gasteiger partial charge is 0.374 e. The lowest BCUT2D eigenvalue weighted by Crippen LogP contribution is -1.98. The molecule has 3 heteroatoms. The summed E-state index contributed by atoms with van der Waals surface area (Å²) in [7, 11) is 0.